The Kier molecular flexibility index (Phi) is 8.25. The Morgan fingerprint density at radius 3 is 2.40 bits per heavy atom. The summed E-state index contributed by atoms with van der Waals surface area (Å²) in [6.07, 6.45) is 0. The number of benzene rings is 2. The van der Waals surface area contributed by atoms with Crippen LogP contribution in [0.5, 0.6) is 11.5 Å². The molecule has 0 aliphatic rings. The Labute approximate surface area is 154 Å². The monoisotopic (exact) mass is 364 g/mol. The maximum atomic E-state index is 11.7. The molecular formula is C19H25ClN2O3. The van der Waals surface area contributed by atoms with Crippen molar-refractivity contribution in [2.24, 2.45) is 5.73 Å². The van der Waals surface area contributed by atoms with Crippen molar-refractivity contribution in [3.8, 4) is 11.5 Å². The van der Waals surface area contributed by atoms with Gasteiger partial charge in [0.1, 0.15) is 6.61 Å². The van der Waals surface area contributed by atoms with E-state index >= 15 is 0 Å². The summed E-state index contributed by atoms with van der Waals surface area (Å²) < 4.78 is 11.3. The minimum Gasteiger partial charge on any atom is -0.493 e. The van der Waals surface area contributed by atoms with Crippen LogP contribution in [0.4, 0.5) is 0 Å². The molecule has 3 N–H and O–H groups in total. The van der Waals surface area contributed by atoms with Gasteiger partial charge in [0.05, 0.1) is 19.2 Å². The molecule has 0 fully saturated rings. The first kappa shape index (κ1) is 20.8. The molecule has 0 aliphatic carbocycles. The van der Waals surface area contributed by atoms with Gasteiger partial charge < -0.3 is 20.5 Å². The average Bonchev–Trinajstić information content (AvgIpc) is 2.60. The maximum Gasteiger partial charge on any atom is 0.237 e. The van der Waals surface area contributed by atoms with Crippen molar-refractivity contribution in [3.63, 3.8) is 0 Å². The lowest BCUT2D eigenvalue weighted by Crippen LogP contribution is -2.39. The number of nitrogens with two attached hydrogens (primary N) is 1. The van der Waals surface area contributed by atoms with Crippen LogP contribution in [0.25, 0.3) is 0 Å². The number of carbonyl (C=O) groups is 1. The molecule has 1 unspecified atom stereocenters. The topological polar surface area (TPSA) is 73.6 Å². The first-order valence-corrected chi connectivity index (χ1v) is 7.92. The lowest BCUT2D eigenvalue weighted by molar-refractivity contribution is -0.122. The fourth-order valence-corrected chi connectivity index (χ4v) is 2.24. The summed E-state index contributed by atoms with van der Waals surface area (Å²) in [7, 11) is 1.60. The lowest BCUT2D eigenvalue weighted by Gasteiger charge is -2.18. The first-order chi connectivity index (χ1) is 11.5. The molecule has 0 heterocycles. The van der Waals surface area contributed by atoms with Crippen LogP contribution < -0.4 is 20.5 Å². The standard InChI is InChI=1S/C19H24N2O3.ClH/c1-13(20)19(22)21-14(2)16-9-10-17(18(11-16)23-3)24-12-15-7-5-4-6-8-15;/h4-11,13-14H,12,20H2,1-3H3,(H,21,22);1H/t13-,14?;/m0./s1. The molecule has 2 aromatic carbocycles. The molecule has 1 amide bonds. The average molecular weight is 365 g/mol. The van der Waals surface area contributed by atoms with E-state index in [1.54, 1.807) is 14.0 Å². The van der Waals surface area contributed by atoms with Gasteiger partial charge in [-0.05, 0) is 37.1 Å². The molecule has 2 rings (SSSR count). The third-order valence-electron chi connectivity index (χ3n) is 3.70. The Bertz CT molecular complexity index is 678. The van der Waals surface area contributed by atoms with Crippen molar-refractivity contribution in [2.75, 3.05) is 7.11 Å². The summed E-state index contributed by atoms with van der Waals surface area (Å²) in [6, 6.07) is 14.9. The van der Waals surface area contributed by atoms with Crippen LogP contribution in [-0.2, 0) is 11.4 Å². The molecule has 2 aromatic rings. The minimum absolute atomic E-state index is 0. The number of hydrogen-bond donors (Lipinski definition) is 2. The smallest absolute Gasteiger partial charge is 0.237 e. The molecule has 136 valence electrons. The zero-order chi connectivity index (χ0) is 17.5. The number of methoxy groups -OCH3 is 1. The van der Waals surface area contributed by atoms with Crippen molar-refractivity contribution >= 4 is 18.3 Å². The molecule has 0 bridgehead atoms. The summed E-state index contributed by atoms with van der Waals surface area (Å²) in [5, 5.41) is 2.86. The highest BCUT2D eigenvalue weighted by atomic mass is 35.5. The van der Waals surface area contributed by atoms with E-state index in [4.69, 9.17) is 15.2 Å². The normalized spacial score (nSPS) is 12.5. The quantitative estimate of drug-likeness (QED) is 0.791. The fourth-order valence-electron chi connectivity index (χ4n) is 2.24. The molecule has 2 atom stereocenters. The first-order valence-electron chi connectivity index (χ1n) is 7.92. The van der Waals surface area contributed by atoms with E-state index in [9.17, 15) is 4.79 Å². The van der Waals surface area contributed by atoms with Gasteiger partial charge >= 0.3 is 0 Å². The molecule has 6 heteroatoms. The number of halogens is 1. The number of amides is 1. The highest BCUT2D eigenvalue weighted by molar-refractivity contribution is 5.85. The van der Waals surface area contributed by atoms with Crippen LogP contribution >= 0.6 is 12.4 Å². The van der Waals surface area contributed by atoms with Crippen molar-refractivity contribution in [2.45, 2.75) is 32.5 Å². The molecule has 0 aliphatic heterocycles. The molecular weight excluding hydrogens is 340 g/mol. The van der Waals surface area contributed by atoms with Crippen LogP contribution in [0.15, 0.2) is 48.5 Å². The van der Waals surface area contributed by atoms with Crippen molar-refractivity contribution in [1.29, 1.82) is 0 Å². The Morgan fingerprint density at radius 2 is 1.80 bits per heavy atom. The van der Waals surface area contributed by atoms with Gasteiger partial charge in [-0.2, -0.15) is 0 Å². The van der Waals surface area contributed by atoms with E-state index in [0.29, 0.717) is 18.1 Å². The third kappa shape index (κ3) is 5.96. The largest absolute Gasteiger partial charge is 0.493 e. The molecule has 0 aromatic heterocycles. The van der Waals surface area contributed by atoms with Gasteiger partial charge in [-0.1, -0.05) is 36.4 Å². The predicted molar refractivity (Wildman–Crippen MR) is 101 cm³/mol. The van der Waals surface area contributed by atoms with Crippen LogP contribution in [0.2, 0.25) is 0 Å². The van der Waals surface area contributed by atoms with Crippen LogP contribution in [0.1, 0.15) is 31.0 Å². The van der Waals surface area contributed by atoms with Gasteiger partial charge in [-0.15, -0.1) is 12.4 Å². The molecule has 25 heavy (non-hydrogen) atoms. The molecule has 0 radical (unpaired) electrons. The van der Waals surface area contributed by atoms with E-state index in [1.165, 1.54) is 0 Å². The highest BCUT2D eigenvalue weighted by Gasteiger charge is 2.15. The molecule has 0 saturated carbocycles. The zero-order valence-electron chi connectivity index (χ0n) is 14.7. The van der Waals surface area contributed by atoms with Gasteiger partial charge in [-0.3, -0.25) is 4.79 Å². The van der Waals surface area contributed by atoms with Gasteiger partial charge in [0.25, 0.3) is 0 Å². The van der Waals surface area contributed by atoms with E-state index in [-0.39, 0.29) is 24.4 Å². The summed E-state index contributed by atoms with van der Waals surface area (Å²) in [5.41, 5.74) is 7.59. The van der Waals surface area contributed by atoms with E-state index in [1.807, 2.05) is 55.5 Å². The van der Waals surface area contributed by atoms with E-state index in [0.717, 1.165) is 11.1 Å². The van der Waals surface area contributed by atoms with Gasteiger partial charge in [0.2, 0.25) is 5.91 Å². The second-order valence-electron chi connectivity index (χ2n) is 5.70. The summed E-state index contributed by atoms with van der Waals surface area (Å²) >= 11 is 0. The number of rotatable bonds is 7. The maximum absolute atomic E-state index is 11.7. The van der Waals surface area contributed by atoms with Gasteiger partial charge in [0, 0.05) is 0 Å². The molecule has 0 spiro atoms. The van der Waals surface area contributed by atoms with Gasteiger partial charge in [-0.25, -0.2) is 0 Å². The number of carbonyl (C=O) groups excluding carboxylic acids is 1. The minimum atomic E-state index is -0.539. The fraction of sp³-hybridized carbons (Fsp3) is 0.316. The van der Waals surface area contributed by atoms with Crippen LogP contribution in [-0.4, -0.2) is 19.1 Å². The number of ether oxygens (including phenoxy) is 2. The predicted octanol–water partition coefficient (Wildman–Crippen LogP) is 3.22. The highest BCUT2D eigenvalue weighted by Crippen LogP contribution is 2.31. The van der Waals surface area contributed by atoms with Crippen molar-refractivity contribution in [1.82, 2.24) is 5.32 Å². The van der Waals surface area contributed by atoms with Gasteiger partial charge in [0.15, 0.2) is 11.5 Å². The summed E-state index contributed by atoms with van der Waals surface area (Å²) in [4.78, 5) is 11.7. The van der Waals surface area contributed by atoms with E-state index in [2.05, 4.69) is 5.32 Å². The second-order valence-corrected chi connectivity index (χ2v) is 5.70. The van der Waals surface area contributed by atoms with E-state index < -0.39 is 6.04 Å². The Morgan fingerprint density at radius 1 is 1.12 bits per heavy atom. The molecule has 5 nitrogen and oxygen atoms in total. The zero-order valence-corrected chi connectivity index (χ0v) is 15.5. The molecule has 0 saturated heterocycles. The summed E-state index contributed by atoms with van der Waals surface area (Å²) in [6.45, 7) is 4.02. The SMILES string of the molecule is COc1cc(C(C)NC(=O)[C@H](C)N)ccc1OCc1ccccc1.Cl. The van der Waals surface area contributed by atoms with Crippen LogP contribution in [0, 0.1) is 0 Å². The second kappa shape index (κ2) is 9.91. The number of nitrogens with one attached hydrogen (secondary N) is 1. The Hall–Kier alpha value is -2.24. The van der Waals surface area contributed by atoms with Crippen LogP contribution in [0.3, 0.4) is 0 Å². The lowest BCUT2D eigenvalue weighted by atomic mass is 10.1. The van der Waals surface area contributed by atoms with Crippen molar-refractivity contribution < 1.29 is 14.3 Å². The third-order valence-corrected chi connectivity index (χ3v) is 3.70. The Balaban J connectivity index is 0.00000312. The summed E-state index contributed by atoms with van der Waals surface area (Å²) in [5.74, 6) is 1.10. The number of hydrogen-bond acceptors (Lipinski definition) is 4. The van der Waals surface area contributed by atoms with Crippen molar-refractivity contribution in [3.05, 3.63) is 59.7 Å².